The second kappa shape index (κ2) is 6.59. The predicted molar refractivity (Wildman–Crippen MR) is 91.6 cm³/mol. The lowest BCUT2D eigenvalue weighted by atomic mass is 10.1. The van der Waals surface area contributed by atoms with Gasteiger partial charge in [-0.3, -0.25) is 4.79 Å². The van der Waals surface area contributed by atoms with Crippen molar-refractivity contribution >= 4 is 28.9 Å². The molecule has 1 aliphatic rings. The average molecular weight is 333 g/mol. The number of hydrogen-bond acceptors (Lipinski definition) is 2. The quantitative estimate of drug-likeness (QED) is 0.907. The third kappa shape index (κ3) is 3.32. The molecule has 1 atom stereocenters. The Morgan fingerprint density at radius 2 is 2.13 bits per heavy atom. The normalized spacial score (nSPS) is 16.3. The van der Waals surface area contributed by atoms with Crippen LogP contribution in [-0.4, -0.2) is 18.5 Å². The van der Waals surface area contributed by atoms with Crippen molar-refractivity contribution in [2.45, 2.75) is 25.8 Å². The van der Waals surface area contributed by atoms with Gasteiger partial charge in [0, 0.05) is 30.4 Å². The van der Waals surface area contributed by atoms with Crippen LogP contribution in [0.25, 0.3) is 0 Å². The van der Waals surface area contributed by atoms with Crippen molar-refractivity contribution in [2.75, 3.05) is 16.8 Å². The molecule has 0 aliphatic carbocycles. The number of rotatable bonds is 4. The highest BCUT2D eigenvalue weighted by Gasteiger charge is 2.29. The molecule has 1 aliphatic heterocycles. The second-order valence-electron chi connectivity index (χ2n) is 5.75. The van der Waals surface area contributed by atoms with Crippen LogP contribution in [0.2, 0.25) is 5.02 Å². The summed E-state index contributed by atoms with van der Waals surface area (Å²) >= 11 is 5.74. The number of nitrogens with zero attached hydrogens (tertiary/aromatic N) is 1. The lowest BCUT2D eigenvalue weighted by Gasteiger charge is -2.23. The molecule has 0 saturated heterocycles. The molecule has 1 heterocycles. The molecular formula is C18H18ClFN2O. The van der Waals surface area contributed by atoms with E-state index in [-0.39, 0.29) is 17.0 Å². The molecule has 2 aromatic rings. The average Bonchev–Trinajstić information content (AvgIpc) is 2.86. The monoisotopic (exact) mass is 332 g/mol. The lowest BCUT2D eigenvalue weighted by molar-refractivity contribution is -0.118. The Hall–Kier alpha value is -2.07. The van der Waals surface area contributed by atoms with Gasteiger partial charge in [0.1, 0.15) is 5.82 Å². The number of anilines is 2. The maximum absolute atomic E-state index is 13.1. The summed E-state index contributed by atoms with van der Waals surface area (Å²) in [6, 6.07) is 12.6. The first-order valence-electron chi connectivity index (χ1n) is 7.65. The minimum Gasteiger partial charge on any atom is -0.384 e. The fraction of sp³-hybridized carbons (Fsp3) is 0.278. The first kappa shape index (κ1) is 15.8. The highest BCUT2D eigenvalue weighted by Crippen LogP contribution is 2.32. The molecule has 0 radical (unpaired) electrons. The standard InChI is InChI=1S/C18H18ClFN2O/c1-12-10-13-4-2-3-5-17(13)22(12)18(23)8-9-21-14-6-7-16(20)15(19)11-14/h2-7,11-12,21H,8-10H2,1H3. The topological polar surface area (TPSA) is 32.3 Å². The highest BCUT2D eigenvalue weighted by atomic mass is 35.5. The zero-order valence-electron chi connectivity index (χ0n) is 12.9. The van der Waals surface area contributed by atoms with Gasteiger partial charge >= 0.3 is 0 Å². The number of fused-ring (bicyclic) bond motifs is 1. The van der Waals surface area contributed by atoms with Crippen molar-refractivity contribution in [3.63, 3.8) is 0 Å². The molecule has 0 saturated carbocycles. The summed E-state index contributed by atoms with van der Waals surface area (Å²) in [5.74, 6) is -0.362. The van der Waals surface area contributed by atoms with Crippen molar-refractivity contribution in [2.24, 2.45) is 0 Å². The Morgan fingerprint density at radius 3 is 2.91 bits per heavy atom. The van der Waals surface area contributed by atoms with Crippen LogP contribution in [-0.2, 0) is 11.2 Å². The molecule has 1 N–H and O–H groups in total. The molecule has 1 amide bonds. The van der Waals surface area contributed by atoms with Gasteiger partial charge in [-0.2, -0.15) is 0 Å². The minimum atomic E-state index is -0.448. The molecule has 0 fully saturated rings. The number of benzene rings is 2. The SMILES string of the molecule is CC1Cc2ccccc2N1C(=O)CCNc1ccc(F)c(Cl)c1. The molecule has 23 heavy (non-hydrogen) atoms. The first-order chi connectivity index (χ1) is 11.1. The van der Waals surface area contributed by atoms with Crippen molar-refractivity contribution in [3.8, 4) is 0 Å². The van der Waals surface area contributed by atoms with E-state index < -0.39 is 5.82 Å². The van der Waals surface area contributed by atoms with E-state index >= 15 is 0 Å². The van der Waals surface area contributed by atoms with Gasteiger partial charge in [0.15, 0.2) is 0 Å². The number of nitrogens with one attached hydrogen (secondary N) is 1. The van der Waals surface area contributed by atoms with Gasteiger partial charge in [-0.1, -0.05) is 29.8 Å². The maximum Gasteiger partial charge on any atom is 0.229 e. The smallest absolute Gasteiger partial charge is 0.229 e. The molecule has 5 heteroatoms. The highest BCUT2D eigenvalue weighted by molar-refractivity contribution is 6.31. The largest absolute Gasteiger partial charge is 0.384 e. The van der Waals surface area contributed by atoms with E-state index in [0.29, 0.717) is 18.7 Å². The summed E-state index contributed by atoms with van der Waals surface area (Å²) in [5.41, 5.74) is 2.93. The Morgan fingerprint density at radius 1 is 1.35 bits per heavy atom. The summed E-state index contributed by atoms with van der Waals surface area (Å²) < 4.78 is 13.1. The first-order valence-corrected chi connectivity index (χ1v) is 8.03. The summed E-state index contributed by atoms with van der Waals surface area (Å²) in [5, 5.41) is 3.18. The molecule has 2 aromatic carbocycles. The zero-order valence-corrected chi connectivity index (χ0v) is 13.6. The van der Waals surface area contributed by atoms with Crippen LogP contribution in [0.4, 0.5) is 15.8 Å². The fourth-order valence-electron chi connectivity index (χ4n) is 2.99. The molecule has 3 nitrogen and oxygen atoms in total. The van der Waals surface area contributed by atoms with Crippen molar-refractivity contribution in [3.05, 3.63) is 58.9 Å². The Bertz CT molecular complexity index is 735. The van der Waals surface area contributed by atoms with Crippen LogP contribution in [0.1, 0.15) is 18.9 Å². The summed E-state index contributed by atoms with van der Waals surface area (Å²) in [4.78, 5) is 14.4. The molecule has 120 valence electrons. The van der Waals surface area contributed by atoms with Gasteiger partial charge in [0.05, 0.1) is 5.02 Å². The van der Waals surface area contributed by atoms with Gasteiger partial charge in [-0.05, 0) is 43.2 Å². The maximum atomic E-state index is 13.1. The van der Waals surface area contributed by atoms with E-state index in [1.807, 2.05) is 23.1 Å². The van der Waals surface area contributed by atoms with Gasteiger partial charge in [0.2, 0.25) is 5.91 Å². The van der Waals surface area contributed by atoms with Gasteiger partial charge < -0.3 is 10.2 Å². The van der Waals surface area contributed by atoms with E-state index in [1.165, 1.54) is 17.7 Å². The van der Waals surface area contributed by atoms with Gasteiger partial charge in [-0.15, -0.1) is 0 Å². The number of amides is 1. The van der Waals surface area contributed by atoms with E-state index in [2.05, 4.69) is 18.3 Å². The summed E-state index contributed by atoms with van der Waals surface area (Å²) in [6.07, 6.45) is 1.26. The number of para-hydroxylation sites is 1. The predicted octanol–water partition coefficient (Wildman–Crippen LogP) is 4.26. The van der Waals surface area contributed by atoms with Gasteiger partial charge in [0.25, 0.3) is 0 Å². The molecule has 3 rings (SSSR count). The Labute approximate surface area is 140 Å². The van der Waals surface area contributed by atoms with Crippen molar-refractivity contribution in [1.29, 1.82) is 0 Å². The van der Waals surface area contributed by atoms with Crippen LogP contribution < -0.4 is 10.2 Å². The van der Waals surface area contributed by atoms with Crippen LogP contribution >= 0.6 is 11.6 Å². The van der Waals surface area contributed by atoms with Gasteiger partial charge in [-0.25, -0.2) is 4.39 Å². The molecule has 0 aromatic heterocycles. The van der Waals surface area contributed by atoms with Crippen LogP contribution in [0.15, 0.2) is 42.5 Å². The summed E-state index contributed by atoms with van der Waals surface area (Å²) in [6.45, 7) is 2.54. The zero-order chi connectivity index (χ0) is 16.4. The minimum absolute atomic E-state index is 0.0726. The fourth-order valence-corrected chi connectivity index (χ4v) is 3.17. The Balaban J connectivity index is 1.60. The second-order valence-corrected chi connectivity index (χ2v) is 6.16. The van der Waals surface area contributed by atoms with Crippen molar-refractivity contribution in [1.82, 2.24) is 0 Å². The van der Waals surface area contributed by atoms with Crippen LogP contribution in [0.3, 0.4) is 0 Å². The molecule has 0 spiro atoms. The third-order valence-electron chi connectivity index (χ3n) is 4.06. The molecule has 1 unspecified atom stereocenters. The Kier molecular flexibility index (Phi) is 4.53. The van der Waals surface area contributed by atoms with E-state index in [0.717, 1.165) is 12.1 Å². The lowest BCUT2D eigenvalue weighted by Crippen LogP contribution is -2.36. The third-order valence-corrected chi connectivity index (χ3v) is 4.35. The van der Waals surface area contributed by atoms with E-state index in [1.54, 1.807) is 6.07 Å². The van der Waals surface area contributed by atoms with E-state index in [9.17, 15) is 9.18 Å². The number of carbonyl (C=O) groups is 1. The van der Waals surface area contributed by atoms with Crippen LogP contribution in [0.5, 0.6) is 0 Å². The number of carbonyl (C=O) groups excluding carboxylic acids is 1. The van der Waals surface area contributed by atoms with Crippen molar-refractivity contribution < 1.29 is 9.18 Å². The van der Waals surface area contributed by atoms with E-state index in [4.69, 9.17) is 11.6 Å². The molecular weight excluding hydrogens is 315 g/mol. The van der Waals surface area contributed by atoms with Crippen LogP contribution in [0, 0.1) is 5.82 Å². The number of hydrogen-bond donors (Lipinski definition) is 1. The molecule has 0 bridgehead atoms. The summed E-state index contributed by atoms with van der Waals surface area (Å²) in [7, 11) is 0. The number of halogens is 2.